The number of carbonyl (C=O) groups is 4. The number of hydrogen-bond donors (Lipinski definition) is 4. The van der Waals surface area contributed by atoms with Gasteiger partial charge in [-0.25, -0.2) is 0 Å². The summed E-state index contributed by atoms with van der Waals surface area (Å²) in [6.07, 6.45) is 0.367. The lowest BCUT2D eigenvalue weighted by molar-refractivity contribution is -0.137. The molecule has 0 saturated heterocycles. The van der Waals surface area contributed by atoms with Crippen LogP contribution in [0.5, 0.6) is 0 Å². The van der Waals surface area contributed by atoms with Gasteiger partial charge in [0.2, 0.25) is 17.7 Å². The molecule has 0 radical (unpaired) electrons. The van der Waals surface area contributed by atoms with Crippen LogP contribution in [0.3, 0.4) is 0 Å². The number of alkyl halides is 1. The largest absolute Gasteiger partial charge is 0.481 e. The Morgan fingerprint density at radius 1 is 1.13 bits per heavy atom. The predicted molar refractivity (Wildman–Crippen MR) is 123 cm³/mol. The van der Waals surface area contributed by atoms with Crippen LogP contribution in [-0.4, -0.2) is 46.7 Å². The average Bonchev–Trinajstić information content (AvgIpc) is 3.13. The van der Waals surface area contributed by atoms with Gasteiger partial charge in [0.25, 0.3) is 0 Å². The third-order valence-corrected chi connectivity index (χ3v) is 5.74. The summed E-state index contributed by atoms with van der Waals surface area (Å²) in [5.41, 5.74) is 1.57. The first-order valence-corrected chi connectivity index (χ1v) is 11.5. The third kappa shape index (κ3) is 8.89. The standard InChI is InChI=1S/C21H24BrN3O5S/c1-13-5-6-16(31-13)10-14-3-2-4-15(9-14)24-21(30)17(7-8-20(28)29)25-19(27)12-23-18(26)11-22/h2-6,9,17H,7-8,10-12H2,1H3,(H,23,26)(H,24,30)(H,25,27)(H,28,29). The minimum atomic E-state index is -1.08. The second-order valence-corrected chi connectivity index (χ2v) is 8.77. The van der Waals surface area contributed by atoms with Crippen LogP contribution in [0.1, 0.15) is 28.2 Å². The normalized spacial score (nSPS) is 11.4. The summed E-state index contributed by atoms with van der Waals surface area (Å²) in [7, 11) is 0. The Hall–Kier alpha value is -2.72. The predicted octanol–water partition coefficient (Wildman–Crippen LogP) is 2.45. The monoisotopic (exact) mass is 509 g/mol. The number of aryl methyl sites for hydroxylation is 1. The van der Waals surface area contributed by atoms with Gasteiger partial charge in [-0.15, -0.1) is 11.3 Å². The van der Waals surface area contributed by atoms with Crippen molar-refractivity contribution in [3.63, 3.8) is 0 Å². The number of hydrogen-bond acceptors (Lipinski definition) is 5. The Morgan fingerprint density at radius 3 is 2.55 bits per heavy atom. The summed E-state index contributed by atoms with van der Waals surface area (Å²) in [4.78, 5) is 49.4. The zero-order chi connectivity index (χ0) is 22.8. The maximum Gasteiger partial charge on any atom is 0.303 e. The van der Waals surface area contributed by atoms with Crippen molar-refractivity contribution in [2.45, 2.75) is 32.2 Å². The van der Waals surface area contributed by atoms with E-state index in [4.69, 9.17) is 5.11 Å². The van der Waals surface area contributed by atoms with Crippen LogP contribution in [0.4, 0.5) is 5.69 Å². The van der Waals surface area contributed by atoms with E-state index in [2.05, 4.69) is 44.0 Å². The number of carbonyl (C=O) groups excluding carboxylic acids is 3. The van der Waals surface area contributed by atoms with E-state index in [0.717, 1.165) is 12.0 Å². The smallest absolute Gasteiger partial charge is 0.303 e. The lowest BCUT2D eigenvalue weighted by Crippen LogP contribution is -2.47. The van der Waals surface area contributed by atoms with Crippen molar-refractivity contribution in [2.75, 3.05) is 17.2 Å². The second kappa shape index (κ2) is 12.2. The summed E-state index contributed by atoms with van der Waals surface area (Å²) >= 11 is 4.68. The van der Waals surface area contributed by atoms with Crippen LogP contribution in [0.15, 0.2) is 36.4 Å². The van der Waals surface area contributed by atoms with Crippen molar-refractivity contribution >= 4 is 56.6 Å². The van der Waals surface area contributed by atoms with Crippen LogP contribution >= 0.6 is 27.3 Å². The first-order chi connectivity index (χ1) is 14.8. The number of carboxylic acid groups (broad SMARTS) is 1. The number of rotatable bonds is 11. The Labute approximate surface area is 192 Å². The number of thiophene rings is 1. The minimum absolute atomic E-state index is 0.0462. The Kier molecular flexibility index (Phi) is 9.67. The molecule has 1 heterocycles. The highest BCUT2D eigenvalue weighted by Crippen LogP contribution is 2.21. The fourth-order valence-corrected chi connectivity index (χ4v) is 3.90. The molecular formula is C21H24BrN3O5S. The van der Waals surface area contributed by atoms with Crippen molar-refractivity contribution in [2.24, 2.45) is 0 Å². The molecule has 31 heavy (non-hydrogen) atoms. The molecule has 1 atom stereocenters. The van der Waals surface area contributed by atoms with Crippen LogP contribution < -0.4 is 16.0 Å². The van der Waals surface area contributed by atoms with E-state index < -0.39 is 23.8 Å². The van der Waals surface area contributed by atoms with Crippen LogP contribution in [-0.2, 0) is 25.6 Å². The first kappa shape index (κ1) is 24.5. The number of aliphatic carboxylic acids is 1. The molecule has 3 amide bonds. The van der Waals surface area contributed by atoms with Gasteiger partial charge in [0.1, 0.15) is 6.04 Å². The number of nitrogens with one attached hydrogen (secondary N) is 3. The first-order valence-electron chi connectivity index (χ1n) is 9.55. The molecule has 8 nitrogen and oxygen atoms in total. The summed E-state index contributed by atoms with van der Waals surface area (Å²) < 4.78 is 0. The molecular weight excluding hydrogens is 486 g/mol. The lowest BCUT2D eigenvalue weighted by Gasteiger charge is -2.18. The zero-order valence-electron chi connectivity index (χ0n) is 16.9. The molecule has 2 aromatic rings. The van der Waals surface area contributed by atoms with Gasteiger partial charge in [0, 0.05) is 28.3 Å². The summed E-state index contributed by atoms with van der Waals surface area (Å²) in [6, 6.07) is 10.4. The van der Waals surface area contributed by atoms with Crippen molar-refractivity contribution in [1.29, 1.82) is 0 Å². The Bertz CT molecular complexity index is 947. The van der Waals surface area contributed by atoms with Crippen LogP contribution in [0.25, 0.3) is 0 Å². The number of halogens is 1. The Balaban J connectivity index is 2.02. The lowest BCUT2D eigenvalue weighted by atomic mass is 10.1. The topological polar surface area (TPSA) is 125 Å². The van der Waals surface area contributed by atoms with E-state index >= 15 is 0 Å². The summed E-state index contributed by atoms with van der Waals surface area (Å²) in [6.45, 7) is 1.73. The van der Waals surface area contributed by atoms with Gasteiger partial charge in [0.15, 0.2) is 0 Å². The molecule has 166 valence electrons. The fourth-order valence-electron chi connectivity index (χ4n) is 2.78. The molecule has 0 aliphatic heterocycles. The van der Waals surface area contributed by atoms with Crippen LogP contribution in [0, 0.1) is 6.92 Å². The molecule has 0 saturated carbocycles. The van der Waals surface area contributed by atoms with Gasteiger partial charge in [-0.05, 0) is 43.2 Å². The second-order valence-electron chi connectivity index (χ2n) is 6.84. The molecule has 1 aromatic heterocycles. The van der Waals surface area contributed by atoms with E-state index in [9.17, 15) is 19.2 Å². The zero-order valence-corrected chi connectivity index (χ0v) is 19.3. The maximum absolute atomic E-state index is 12.7. The van der Waals surface area contributed by atoms with Gasteiger partial charge in [-0.1, -0.05) is 28.1 Å². The van der Waals surface area contributed by atoms with Gasteiger partial charge >= 0.3 is 5.97 Å². The molecule has 0 aliphatic carbocycles. The van der Waals surface area contributed by atoms with Crippen molar-refractivity contribution in [3.8, 4) is 0 Å². The molecule has 0 spiro atoms. The molecule has 1 aromatic carbocycles. The molecule has 0 bridgehead atoms. The third-order valence-electron chi connectivity index (χ3n) is 4.23. The fraction of sp³-hybridized carbons (Fsp3) is 0.333. The van der Waals surface area contributed by atoms with Crippen molar-refractivity contribution < 1.29 is 24.3 Å². The highest BCUT2D eigenvalue weighted by molar-refractivity contribution is 9.09. The number of benzene rings is 1. The van der Waals surface area contributed by atoms with Gasteiger partial charge in [-0.2, -0.15) is 0 Å². The molecule has 4 N–H and O–H groups in total. The highest BCUT2D eigenvalue weighted by atomic mass is 79.9. The molecule has 10 heteroatoms. The maximum atomic E-state index is 12.7. The van der Waals surface area contributed by atoms with E-state index in [1.807, 2.05) is 25.1 Å². The minimum Gasteiger partial charge on any atom is -0.481 e. The van der Waals surface area contributed by atoms with E-state index in [1.54, 1.807) is 17.4 Å². The Morgan fingerprint density at radius 2 is 1.90 bits per heavy atom. The summed E-state index contributed by atoms with van der Waals surface area (Å²) in [5.74, 6) is -2.56. The van der Waals surface area contributed by atoms with Crippen LogP contribution in [0.2, 0.25) is 0 Å². The molecule has 0 fully saturated rings. The molecule has 1 unspecified atom stereocenters. The van der Waals surface area contributed by atoms with Crippen molar-refractivity contribution in [3.05, 3.63) is 51.7 Å². The average molecular weight is 510 g/mol. The number of anilines is 1. The molecule has 0 aliphatic rings. The van der Waals surface area contributed by atoms with Gasteiger partial charge in [-0.3, -0.25) is 19.2 Å². The SMILES string of the molecule is Cc1ccc(Cc2cccc(NC(=O)C(CCC(=O)O)NC(=O)CNC(=O)CBr)c2)s1. The number of carboxylic acids is 1. The van der Waals surface area contributed by atoms with E-state index in [0.29, 0.717) is 5.69 Å². The van der Waals surface area contributed by atoms with Gasteiger partial charge < -0.3 is 21.1 Å². The van der Waals surface area contributed by atoms with E-state index in [1.165, 1.54) is 9.75 Å². The quantitative estimate of drug-likeness (QED) is 0.346. The highest BCUT2D eigenvalue weighted by Gasteiger charge is 2.22. The van der Waals surface area contributed by atoms with E-state index in [-0.39, 0.29) is 30.6 Å². The summed E-state index contributed by atoms with van der Waals surface area (Å²) in [5, 5.41) is 16.6. The number of amides is 3. The molecule has 2 rings (SSSR count). The van der Waals surface area contributed by atoms with Crippen molar-refractivity contribution in [1.82, 2.24) is 10.6 Å². The van der Waals surface area contributed by atoms with Gasteiger partial charge in [0.05, 0.1) is 11.9 Å².